The number of ether oxygens (including phenoxy) is 2. The molecule has 0 spiro atoms. The number of benzene rings is 1. The summed E-state index contributed by atoms with van der Waals surface area (Å²) in [4.78, 5) is 5.06. The van der Waals surface area contributed by atoms with Crippen molar-refractivity contribution in [3.05, 3.63) is 22.4 Å². The summed E-state index contributed by atoms with van der Waals surface area (Å²) in [5.41, 5.74) is 2.13. The molecular formula is C22H35BrN2O2Si. The summed E-state index contributed by atoms with van der Waals surface area (Å²) in [6, 6.07) is 5.36. The molecule has 1 heterocycles. The Hall–Kier alpha value is -0.853. The first-order chi connectivity index (χ1) is 13.3. The first-order valence-corrected chi connectivity index (χ1v) is 15.1. The fraction of sp³-hybridized carbons (Fsp3) is 0.682. The number of hydrogen-bond acceptors (Lipinski definition) is 3. The van der Waals surface area contributed by atoms with Gasteiger partial charge >= 0.3 is 0 Å². The van der Waals surface area contributed by atoms with Crippen molar-refractivity contribution in [2.75, 3.05) is 13.7 Å². The third-order valence-electron chi connectivity index (χ3n) is 6.06. The lowest BCUT2D eigenvalue weighted by atomic mass is 9.80. The zero-order chi connectivity index (χ0) is 20.3. The van der Waals surface area contributed by atoms with E-state index in [1.54, 1.807) is 7.11 Å². The normalized spacial score (nSPS) is 20.6. The van der Waals surface area contributed by atoms with Crippen LogP contribution in [-0.2, 0) is 11.5 Å². The summed E-state index contributed by atoms with van der Waals surface area (Å²) in [6.45, 7) is 10.9. The highest BCUT2D eigenvalue weighted by Gasteiger charge is 2.26. The van der Waals surface area contributed by atoms with Crippen LogP contribution < -0.4 is 4.74 Å². The van der Waals surface area contributed by atoms with E-state index >= 15 is 0 Å². The SMILES string of the molecule is CCC1CCC(c2nc3cc(OC)c(Br)cc3n2COCC[Si](C)(C)C)CC1. The zero-order valence-corrected chi connectivity index (χ0v) is 20.6. The number of rotatable bonds is 8. The molecule has 1 fully saturated rings. The second kappa shape index (κ2) is 9.31. The molecule has 0 N–H and O–H groups in total. The van der Waals surface area contributed by atoms with Gasteiger partial charge in [0.2, 0.25) is 0 Å². The fourth-order valence-electron chi connectivity index (χ4n) is 4.11. The maximum absolute atomic E-state index is 6.14. The molecule has 2 aromatic rings. The Morgan fingerprint density at radius 1 is 1.18 bits per heavy atom. The maximum Gasteiger partial charge on any atom is 0.135 e. The highest BCUT2D eigenvalue weighted by molar-refractivity contribution is 9.10. The third-order valence-corrected chi connectivity index (χ3v) is 8.38. The lowest BCUT2D eigenvalue weighted by Gasteiger charge is -2.28. The number of halogens is 1. The van der Waals surface area contributed by atoms with E-state index in [0.29, 0.717) is 12.6 Å². The molecule has 0 aliphatic heterocycles. The Kier molecular flexibility index (Phi) is 7.26. The van der Waals surface area contributed by atoms with E-state index in [-0.39, 0.29) is 0 Å². The summed E-state index contributed by atoms with van der Waals surface area (Å²) >= 11 is 3.64. The Labute approximate surface area is 179 Å². The lowest BCUT2D eigenvalue weighted by molar-refractivity contribution is 0.0861. The molecule has 6 heteroatoms. The highest BCUT2D eigenvalue weighted by atomic mass is 79.9. The van der Waals surface area contributed by atoms with Gasteiger partial charge in [0, 0.05) is 26.7 Å². The van der Waals surface area contributed by atoms with E-state index in [1.807, 2.05) is 6.07 Å². The van der Waals surface area contributed by atoms with Crippen LogP contribution in [0.15, 0.2) is 16.6 Å². The summed E-state index contributed by atoms with van der Waals surface area (Å²) in [7, 11) is 0.618. The van der Waals surface area contributed by atoms with Crippen LogP contribution in [0.25, 0.3) is 11.0 Å². The molecule has 0 saturated heterocycles. The van der Waals surface area contributed by atoms with Gasteiger partial charge < -0.3 is 14.0 Å². The van der Waals surface area contributed by atoms with Crippen LogP contribution in [0.4, 0.5) is 0 Å². The van der Waals surface area contributed by atoms with Gasteiger partial charge in [-0.25, -0.2) is 4.98 Å². The van der Waals surface area contributed by atoms with Gasteiger partial charge in [-0.05, 0) is 59.6 Å². The largest absolute Gasteiger partial charge is 0.495 e. The van der Waals surface area contributed by atoms with Gasteiger partial charge in [0.05, 0.1) is 22.6 Å². The van der Waals surface area contributed by atoms with Crippen molar-refractivity contribution in [1.82, 2.24) is 9.55 Å². The minimum atomic E-state index is -1.09. The Morgan fingerprint density at radius 3 is 2.50 bits per heavy atom. The molecule has 0 amide bonds. The summed E-state index contributed by atoms with van der Waals surface area (Å²) in [6.07, 6.45) is 6.39. The lowest BCUT2D eigenvalue weighted by Crippen LogP contribution is -2.22. The van der Waals surface area contributed by atoms with Crippen molar-refractivity contribution in [2.45, 2.75) is 77.4 Å². The molecule has 1 aliphatic carbocycles. The number of imidazole rings is 1. The van der Waals surface area contributed by atoms with Gasteiger partial charge in [0.15, 0.2) is 0 Å². The molecule has 0 unspecified atom stereocenters. The minimum Gasteiger partial charge on any atom is -0.495 e. The van der Waals surface area contributed by atoms with E-state index < -0.39 is 8.07 Å². The topological polar surface area (TPSA) is 36.3 Å². The molecule has 1 aromatic heterocycles. The van der Waals surface area contributed by atoms with Gasteiger partial charge in [0.1, 0.15) is 18.3 Å². The van der Waals surface area contributed by atoms with Gasteiger partial charge in [-0.1, -0.05) is 33.0 Å². The van der Waals surface area contributed by atoms with Crippen LogP contribution in [-0.4, -0.2) is 31.3 Å². The van der Waals surface area contributed by atoms with Crippen molar-refractivity contribution in [3.8, 4) is 5.75 Å². The van der Waals surface area contributed by atoms with E-state index in [0.717, 1.165) is 33.8 Å². The second-order valence-corrected chi connectivity index (χ2v) is 15.8. The van der Waals surface area contributed by atoms with Gasteiger partial charge in [0.25, 0.3) is 0 Å². The molecule has 1 aliphatic rings. The molecule has 1 aromatic carbocycles. The summed E-state index contributed by atoms with van der Waals surface area (Å²) in [5.74, 6) is 3.44. The molecule has 4 nitrogen and oxygen atoms in total. The Morgan fingerprint density at radius 2 is 1.89 bits per heavy atom. The summed E-state index contributed by atoms with van der Waals surface area (Å²) in [5, 5.41) is 0. The van der Waals surface area contributed by atoms with Gasteiger partial charge in [-0.15, -0.1) is 0 Å². The second-order valence-electron chi connectivity index (χ2n) is 9.35. The zero-order valence-electron chi connectivity index (χ0n) is 18.1. The predicted molar refractivity (Wildman–Crippen MR) is 123 cm³/mol. The molecule has 0 radical (unpaired) electrons. The molecule has 0 atom stereocenters. The van der Waals surface area contributed by atoms with Crippen molar-refractivity contribution in [3.63, 3.8) is 0 Å². The average Bonchev–Trinajstić information content (AvgIpc) is 3.01. The number of hydrogen-bond donors (Lipinski definition) is 0. The van der Waals surface area contributed by atoms with Crippen molar-refractivity contribution in [2.24, 2.45) is 5.92 Å². The molecular weight excluding hydrogens is 432 g/mol. The van der Waals surface area contributed by atoms with Gasteiger partial charge in [-0.3, -0.25) is 0 Å². The molecule has 28 heavy (non-hydrogen) atoms. The quantitative estimate of drug-likeness (QED) is 0.316. The van der Waals surface area contributed by atoms with Crippen LogP contribution in [0.3, 0.4) is 0 Å². The van der Waals surface area contributed by atoms with Crippen LogP contribution in [0, 0.1) is 5.92 Å². The maximum atomic E-state index is 6.14. The summed E-state index contributed by atoms with van der Waals surface area (Å²) < 4.78 is 14.9. The molecule has 3 rings (SSSR count). The average molecular weight is 468 g/mol. The van der Waals surface area contributed by atoms with Crippen molar-refractivity contribution >= 4 is 35.0 Å². The molecule has 0 bridgehead atoms. The van der Waals surface area contributed by atoms with Gasteiger partial charge in [-0.2, -0.15) is 0 Å². The monoisotopic (exact) mass is 466 g/mol. The third kappa shape index (κ3) is 5.19. The van der Waals surface area contributed by atoms with E-state index in [2.05, 4.69) is 53.1 Å². The van der Waals surface area contributed by atoms with Crippen LogP contribution in [0.2, 0.25) is 25.7 Å². The van der Waals surface area contributed by atoms with E-state index in [1.165, 1.54) is 44.0 Å². The number of fused-ring (bicyclic) bond motifs is 1. The molecule has 156 valence electrons. The fourth-order valence-corrected chi connectivity index (χ4v) is 5.36. The van der Waals surface area contributed by atoms with E-state index in [9.17, 15) is 0 Å². The Bertz CT molecular complexity index is 792. The number of methoxy groups -OCH3 is 1. The van der Waals surface area contributed by atoms with Crippen molar-refractivity contribution in [1.29, 1.82) is 0 Å². The Balaban J connectivity index is 1.87. The standard InChI is InChI=1S/C22H35BrN2O2Si/c1-6-16-7-9-17(10-8-16)22-24-19-14-21(26-2)18(23)13-20(19)25(22)15-27-11-12-28(3,4)5/h13-14,16-17H,6-12,15H2,1-5H3. The van der Waals surface area contributed by atoms with Crippen LogP contribution in [0.5, 0.6) is 5.75 Å². The first-order valence-electron chi connectivity index (χ1n) is 10.6. The predicted octanol–water partition coefficient (Wildman–Crippen LogP) is 6.80. The smallest absolute Gasteiger partial charge is 0.135 e. The van der Waals surface area contributed by atoms with Crippen LogP contribution in [0.1, 0.15) is 50.8 Å². The minimum absolute atomic E-state index is 0.528. The van der Waals surface area contributed by atoms with Crippen molar-refractivity contribution < 1.29 is 9.47 Å². The first kappa shape index (κ1) is 21.8. The van der Waals surface area contributed by atoms with E-state index in [4.69, 9.17) is 14.5 Å². The number of aromatic nitrogens is 2. The van der Waals surface area contributed by atoms with Crippen LogP contribution >= 0.6 is 15.9 Å². The highest BCUT2D eigenvalue weighted by Crippen LogP contribution is 2.39. The number of nitrogens with zero attached hydrogens (tertiary/aromatic N) is 2. The molecule has 1 saturated carbocycles.